The number of nitrogens with zero attached hydrogens (tertiary/aromatic N) is 1. The van der Waals surface area contributed by atoms with Crippen molar-refractivity contribution >= 4 is 23.5 Å². The minimum atomic E-state index is -0.941. The maximum absolute atomic E-state index is 12.5. The number of fused-ring (bicyclic) bond motifs is 1. The van der Waals surface area contributed by atoms with Crippen LogP contribution in [0.4, 0.5) is 5.69 Å². The van der Waals surface area contributed by atoms with Crippen LogP contribution in [0.1, 0.15) is 50.0 Å². The first kappa shape index (κ1) is 17.5. The molecular weight excluding hydrogens is 320 g/mol. The number of hydrogen-bond acceptors (Lipinski definition) is 3. The van der Waals surface area contributed by atoms with Crippen LogP contribution in [0, 0.1) is 5.92 Å². The quantitative estimate of drug-likeness (QED) is 0.829. The Labute approximate surface area is 147 Å². The fraction of sp³-hybridized carbons (Fsp3) is 0.526. The average molecular weight is 344 g/mol. The molecule has 1 aromatic carbocycles. The van der Waals surface area contributed by atoms with Crippen molar-refractivity contribution in [2.24, 2.45) is 5.92 Å². The monoisotopic (exact) mass is 344 g/mol. The predicted molar refractivity (Wildman–Crippen MR) is 93.4 cm³/mol. The molecule has 6 heteroatoms. The Kier molecular flexibility index (Phi) is 5.36. The topological polar surface area (TPSA) is 86.7 Å². The van der Waals surface area contributed by atoms with Gasteiger partial charge in [0.1, 0.15) is 5.92 Å². The number of benzene rings is 1. The van der Waals surface area contributed by atoms with Gasteiger partial charge in [0.2, 0.25) is 11.8 Å². The largest absolute Gasteiger partial charge is 0.481 e. The van der Waals surface area contributed by atoms with Gasteiger partial charge in [0.25, 0.3) is 0 Å². The van der Waals surface area contributed by atoms with Crippen LogP contribution < -0.4 is 10.2 Å². The SMILES string of the molecule is O=C(CCC1CCCC1)NCC(=O)N1CC(C(=O)O)c2ccccc21. The molecule has 1 aromatic rings. The third-order valence-corrected chi connectivity index (χ3v) is 5.26. The summed E-state index contributed by atoms with van der Waals surface area (Å²) in [4.78, 5) is 37.3. The molecule has 2 N–H and O–H groups in total. The second-order valence-corrected chi connectivity index (χ2v) is 6.92. The molecule has 25 heavy (non-hydrogen) atoms. The van der Waals surface area contributed by atoms with Crippen LogP contribution >= 0.6 is 0 Å². The fourth-order valence-electron chi connectivity index (χ4n) is 3.85. The van der Waals surface area contributed by atoms with Crippen LogP contribution in [0.3, 0.4) is 0 Å². The van der Waals surface area contributed by atoms with E-state index in [4.69, 9.17) is 0 Å². The van der Waals surface area contributed by atoms with Gasteiger partial charge in [-0.05, 0) is 24.0 Å². The van der Waals surface area contributed by atoms with E-state index in [0.29, 0.717) is 23.6 Å². The summed E-state index contributed by atoms with van der Waals surface area (Å²) in [6.45, 7) is 0.0234. The lowest BCUT2D eigenvalue weighted by Crippen LogP contribution is -2.40. The van der Waals surface area contributed by atoms with E-state index in [1.54, 1.807) is 24.3 Å². The molecule has 6 nitrogen and oxygen atoms in total. The van der Waals surface area contributed by atoms with E-state index < -0.39 is 11.9 Å². The van der Waals surface area contributed by atoms with E-state index in [1.165, 1.54) is 30.6 Å². The molecule has 1 aliphatic heterocycles. The standard InChI is InChI=1S/C19H24N2O4/c22-17(10-9-13-5-1-2-6-13)20-11-18(23)21-12-15(19(24)25)14-7-3-4-8-16(14)21/h3-4,7-8,13,15H,1-2,5-6,9-12H2,(H,20,22)(H,24,25). The summed E-state index contributed by atoms with van der Waals surface area (Å²) < 4.78 is 0. The molecule has 0 aromatic heterocycles. The molecule has 2 aliphatic rings. The van der Waals surface area contributed by atoms with Crippen LogP contribution in [0.15, 0.2) is 24.3 Å². The highest BCUT2D eigenvalue weighted by atomic mass is 16.4. The average Bonchev–Trinajstić information content (AvgIpc) is 3.25. The lowest BCUT2D eigenvalue weighted by molar-refractivity contribution is -0.138. The minimum absolute atomic E-state index is 0.0931. The first-order chi connectivity index (χ1) is 12.1. The normalized spacial score (nSPS) is 19.7. The van der Waals surface area contributed by atoms with Gasteiger partial charge in [0.15, 0.2) is 0 Å². The van der Waals surface area contributed by atoms with Crippen LogP contribution in [-0.2, 0) is 14.4 Å². The third kappa shape index (κ3) is 4.00. The molecule has 1 saturated carbocycles. The second-order valence-electron chi connectivity index (χ2n) is 6.92. The predicted octanol–water partition coefficient (Wildman–Crippen LogP) is 2.29. The highest BCUT2D eigenvalue weighted by molar-refractivity contribution is 6.01. The number of carboxylic acids is 1. The number of anilines is 1. The highest BCUT2D eigenvalue weighted by Gasteiger charge is 2.36. The van der Waals surface area contributed by atoms with E-state index in [2.05, 4.69) is 5.32 Å². The molecule has 3 rings (SSSR count). The summed E-state index contributed by atoms with van der Waals surface area (Å²) in [5, 5.41) is 12.0. The molecule has 0 spiro atoms. The number of carbonyl (C=O) groups excluding carboxylic acids is 2. The number of para-hydroxylation sites is 1. The van der Waals surface area contributed by atoms with Gasteiger partial charge in [-0.2, -0.15) is 0 Å². The summed E-state index contributed by atoms with van der Waals surface area (Å²) in [7, 11) is 0. The van der Waals surface area contributed by atoms with Crippen LogP contribution in [0.2, 0.25) is 0 Å². The zero-order valence-corrected chi connectivity index (χ0v) is 14.2. The Bertz CT molecular complexity index is 667. The van der Waals surface area contributed by atoms with Crippen molar-refractivity contribution in [3.05, 3.63) is 29.8 Å². The minimum Gasteiger partial charge on any atom is -0.481 e. The van der Waals surface area contributed by atoms with Crippen LogP contribution in [-0.4, -0.2) is 36.0 Å². The Morgan fingerprint density at radius 2 is 1.88 bits per heavy atom. The molecular formula is C19H24N2O4. The molecule has 1 heterocycles. The molecule has 1 unspecified atom stereocenters. The number of aliphatic carboxylic acids is 1. The Morgan fingerprint density at radius 1 is 1.16 bits per heavy atom. The Hall–Kier alpha value is -2.37. The van der Waals surface area contributed by atoms with E-state index in [9.17, 15) is 19.5 Å². The zero-order valence-electron chi connectivity index (χ0n) is 14.2. The number of nitrogens with one attached hydrogen (secondary N) is 1. The first-order valence-electron chi connectivity index (χ1n) is 8.95. The molecule has 0 radical (unpaired) electrons. The van der Waals surface area contributed by atoms with Crippen molar-refractivity contribution in [1.29, 1.82) is 0 Å². The van der Waals surface area contributed by atoms with Gasteiger partial charge in [-0.25, -0.2) is 0 Å². The summed E-state index contributed by atoms with van der Waals surface area (Å²) >= 11 is 0. The highest BCUT2D eigenvalue weighted by Crippen LogP contribution is 2.36. The summed E-state index contributed by atoms with van der Waals surface area (Å²) in [5.41, 5.74) is 1.27. The Balaban J connectivity index is 1.53. The summed E-state index contributed by atoms with van der Waals surface area (Å²) in [6, 6.07) is 7.04. The molecule has 0 saturated heterocycles. The molecule has 1 fully saturated rings. The van der Waals surface area contributed by atoms with Crippen molar-refractivity contribution in [1.82, 2.24) is 5.32 Å². The number of rotatable bonds is 6. The molecule has 1 atom stereocenters. The van der Waals surface area contributed by atoms with Crippen molar-refractivity contribution in [2.75, 3.05) is 18.0 Å². The summed E-state index contributed by atoms with van der Waals surface area (Å²) in [5.74, 6) is -1.39. The van der Waals surface area contributed by atoms with Crippen LogP contribution in [0.5, 0.6) is 0 Å². The number of hydrogen-bond donors (Lipinski definition) is 2. The maximum Gasteiger partial charge on any atom is 0.312 e. The van der Waals surface area contributed by atoms with Gasteiger partial charge < -0.3 is 15.3 Å². The molecule has 0 bridgehead atoms. The van der Waals surface area contributed by atoms with E-state index in [1.807, 2.05) is 0 Å². The van der Waals surface area contributed by atoms with Crippen molar-refractivity contribution in [3.8, 4) is 0 Å². The van der Waals surface area contributed by atoms with E-state index in [0.717, 1.165) is 6.42 Å². The maximum atomic E-state index is 12.5. The van der Waals surface area contributed by atoms with E-state index >= 15 is 0 Å². The molecule has 1 aliphatic carbocycles. The van der Waals surface area contributed by atoms with Gasteiger partial charge in [0, 0.05) is 18.7 Å². The van der Waals surface area contributed by atoms with Gasteiger partial charge in [-0.1, -0.05) is 43.9 Å². The molecule has 2 amide bonds. The van der Waals surface area contributed by atoms with Crippen molar-refractivity contribution in [2.45, 2.75) is 44.4 Å². The Morgan fingerprint density at radius 3 is 2.60 bits per heavy atom. The fourth-order valence-corrected chi connectivity index (χ4v) is 3.85. The van der Waals surface area contributed by atoms with Crippen LogP contribution in [0.25, 0.3) is 0 Å². The van der Waals surface area contributed by atoms with E-state index in [-0.39, 0.29) is 24.9 Å². The smallest absolute Gasteiger partial charge is 0.312 e. The number of amides is 2. The first-order valence-corrected chi connectivity index (χ1v) is 8.95. The lowest BCUT2D eigenvalue weighted by atomic mass is 10.0. The van der Waals surface area contributed by atoms with Gasteiger partial charge in [0.05, 0.1) is 6.54 Å². The summed E-state index contributed by atoms with van der Waals surface area (Å²) in [6.07, 6.45) is 6.24. The van der Waals surface area contributed by atoms with Crippen molar-refractivity contribution in [3.63, 3.8) is 0 Å². The van der Waals surface area contributed by atoms with Crippen molar-refractivity contribution < 1.29 is 19.5 Å². The number of carbonyl (C=O) groups is 3. The lowest BCUT2D eigenvalue weighted by Gasteiger charge is -2.18. The van der Waals surface area contributed by atoms with Gasteiger partial charge >= 0.3 is 5.97 Å². The second kappa shape index (κ2) is 7.68. The third-order valence-electron chi connectivity index (χ3n) is 5.26. The van der Waals surface area contributed by atoms with Gasteiger partial charge in [-0.15, -0.1) is 0 Å². The molecule has 134 valence electrons. The zero-order chi connectivity index (χ0) is 17.8. The van der Waals surface area contributed by atoms with Gasteiger partial charge in [-0.3, -0.25) is 14.4 Å². The number of carboxylic acid groups (broad SMARTS) is 1.